The molecule has 0 fully saturated rings. The number of anilines is 1. The molecule has 6 heteroatoms. The number of hydrogen-bond acceptors (Lipinski definition) is 4. The van der Waals surface area contributed by atoms with Gasteiger partial charge in [-0.05, 0) is 31.2 Å². The molecule has 2 rings (SSSR count). The highest BCUT2D eigenvalue weighted by atomic mass is 35.5. The number of aromatic nitrogens is 1. The van der Waals surface area contributed by atoms with Crippen molar-refractivity contribution in [3.63, 3.8) is 0 Å². The highest BCUT2D eigenvalue weighted by molar-refractivity contribution is 6.33. The standard InChI is InChI=1S/C15H13ClN2O3/c1-10(21-15(20)13-8-4-5-9-17-13)14(19)18-12-7-3-2-6-11(12)16/h2-10H,1H3,(H,18,19). The van der Waals surface area contributed by atoms with Gasteiger partial charge in [0, 0.05) is 6.20 Å². The first-order valence-electron chi connectivity index (χ1n) is 6.25. The van der Waals surface area contributed by atoms with E-state index in [1.165, 1.54) is 19.2 Å². The fourth-order valence-corrected chi connectivity index (χ4v) is 1.74. The summed E-state index contributed by atoms with van der Waals surface area (Å²) in [6, 6.07) is 11.7. The third-order valence-corrected chi connectivity index (χ3v) is 2.99. The molecule has 0 radical (unpaired) electrons. The molecule has 1 heterocycles. The maximum Gasteiger partial charge on any atom is 0.357 e. The molecule has 5 nitrogen and oxygen atoms in total. The SMILES string of the molecule is CC(OC(=O)c1ccccn1)C(=O)Nc1ccccc1Cl. The van der Waals surface area contributed by atoms with Gasteiger partial charge < -0.3 is 10.1 Å². The topological polar surface area (TPSA) is 68.3 Å². The first-order chi connectivity index (χ1) is 10.1. The molecule has 0 spiro atoms. The number of amides is 1. The summed E-state index contributed by atoms with van der Waals surface area (Å²) in [6.07, 6.45) is 0.515. The fraction of sp³-hybridized carbons (Fsp3) is 0.133. The Kier molecular flexibility index (Phi) is 4.90. The molecule has 1 aromatic heterocycles. The molecule has 1 unspecified atom stereocenters. The molecule has 21 heavy (non-hydrogen) atoms. The third-order valence-electron chi connectivity index (χ3n) is 2.66. The molecule has 1 aromatic carbocycles. The quantitative estimate of drug-likeness (QED) is 0.882. The van der Waals surface area contributed by atoms with E-state index in [9.17, 15) is 9.59 Å². The number of carbonyl (C=O) groups is 2. The Labute approximate surface area is 126 Å². The van der Waals surface area contributed by atoms with Crippen molar-refractivity contribution < 1.29 is 14.3 Å². The molecule has 2 aromatic rings. The maximum atomic E-state index is 12.0. The van der Waals surface area contributed by atoms with E-state index in [-0.39, 0.29) is 5.69 Å². The van der Waals surface area contributed by atoms with Crippen LogP contribution < -0.4 is 5.32 Å². The molecule has 0 saturated heterocycles. The number of esters is 1. The summed E-state index contributed by atoms with van der Waals surface area (Å²) in [7, 11) is 0. The van der Waals surface area contributed by atoms with Crippen molar-refractivity contribution in [3.8, 4) is 0 Å². The number of ether oxygens (including phenoxy) is 1. The number of carbonyl (C=O) groups excluding carboxylic acids is 2. The second kappa shape index (κ2) is 6.85. The van der Waals surface area contributed by atoms with Crippen molar-refractivity contribution in [1.29, 1.82) is 0 Å². The van der Waals surface area contributed by atoms with E-state index in [2.05, 4.69) is 10.3 Å². The molecular formula is C15H13ClN2O3. The van der Waals surface area contributed by atoms with E-state index in [4.69, 9.17) is 16.3 Å². The van der Waals surface area contributed by atoms with Crippen LogP contribution in [0, 0.1) is 0 Å². The molecule has 1 atom stereocenters. The monoisotopic (exact) mass is 304 g/mol. The summed E-state index contributed by atoms with van der Waals surface area (Å²) in [4.78, 5) is 27.6. The molecule has 0 aliphatic heterocycles. The van der Waals surface area contributed by atoms with Crippen molar-refractivity contribution in [2.75, 3.05) is 5.32 Å². The highest BCUT2D eigenvalue weighted by Crippen LogP contribution is 2.20. The molecular weight excluding hydrogens is 292 g/mol. The Morgan fingerprint density at radius 3 is 2.57 bits per heavy atom. The van der Waals surface area contributed by atoms with Gasteiger partial charge in [-0.2, -0.15) is 0 Å². The van der Waals surface area contributed by atoms with Gasteiger partial charge in [-0.25, -0.2) is 9.78 Å². The van der Waals surface area contributed by atoms with Crippen LogP contribution in [0.15, 0.2) is 48.7 Å². The summed E-state index contributed by atoms with van der Waals surface area (Å²) < 4.78 is 5.05. The zero-order valence-corrected chi connectivity index (χ0v) is 12.0. The van der Waals surface area contributed by atoms with E-state index in [1.807, 2.05) is 0 Å². The Morgan fingerprint density at radius 2 is 1.90 bits per heavy atom. The van der Waals surface area contributed by atoms with Crippen LogP contribution in [-0.2, 0) is 9.53 Å². The lowest BCUT2D eigenvalue weighted by molar-refractivity contribution is -0.123. The zero-order valence-electron chi connectivity index (χ0n) is 11.2. The van der Waals surface area contributed by atoms with Gasteiger partial charge in [-0.1, -0.05) is 29.8 Å². The van der Waals surface area contributed by atoms with Gasteiger partial charge in [0.25, 0.3) is 5.91 Å². The maximum absolute atomic E-state index is 12.0. The van der Waals surface area contributed by atoms with Crippen molar-refractivity contribution in [3.05, 3.63) is 59.4 Å². The number of nitrogens with zero attached hydrogens (tertiary/aromatic N) is 1. The lowest BCUT2D eigenvalue weighted by atomic mass is 10.3. The first kappa shape index (κ1) is 15.0. The Balaban J connectivity index is 1.97. The second-order valence-electron chi connectivity index (χ2n) is 4.23. The highest BCUT2D eigenvalue weighted by Gasteiger charge is 2.20. The van der Waals surface area contributed by atoms with E-state index >= 15 is 0 Å². The van der Waals surface area contributed by atoms with E-state index in [1.54, 1.807) is 36.4 Å². The predicted molar refractivity (Wildman–Crippen MR) is 79.2 cm³/mol. The van der Waals surface area contributed by atoms with Gasteiger partial charge in [-0.3, -0.25) is 4.79 Å². The Hall–Kier alpha value is -2.40. The Bertz CT molecular complexity index is 646. The first-order valence-corrected chi connectivity index (χ1v) is 6.63. The number of benzene rings is 1. The average Bonchev–Trinajstić information content (AvgIpc) is 2.50. The summed E-state index contributed by atoms with van der Waals surface area (Å²) >= 11 is 5.94. The van der Waals surface area contributed by atoms with Gasteiger partial charge in [0.1, 0.15) is 5.69 Å². The van der Waals surface area contributed by atoms with Crippen LogP contribution in [0.4, 0.5) is 5.69 Å². The van der Waals surface area contributed by atoms with Gasteiger partial charge in [0.2, 0.25) is 0 Å². The van der Waals surface area contributed by atoms with Crippen LogP contribution >= 0.6 is 11.6 Å². The zero-order chi connectivity index (χ0) is 15.2. The van der Waals surface area contributed by atoms with Gasteiger partial charge in [-0.15, -0.1) is 0 Å². The van der Waals surface area contributed by atoms with Crippen LogP contribution in [0.5, 0.6) is 0 Å². The fourth-order valence-electron chi connectivity index (χ4n) is 1.55. The molecule has 0 saturated carbocycles. The minimum atomic E-state index is -0.962. The largest absolute Gasteiger partial charge is 0.448 e. The lowest BCUT2D eigenvalue weighted by Crippen LogP contribution is -2.30. The number of pyridine rings is 1. The smallest absolute Gasteiger partial charge is 0.357 e. The van der Waals surface area contributed by atoms with Gasteiger partial charge in [0.05, 0.1) is 10.7 Å². The molecule has 108 valence electrons. The van der Waals surface area contributed by atoms with E-state index in [0.717, 1.165) is 0 Å². The summed E-state index contributed by atoms with van der Waals surface area (Å²) in [5.41, 5.74) is 0.611. The number of hydrogen-bond donors (Lipinski definition) is 1. The van der Waals surface area contributed by atoms with Gasteiger partial charge in [0.15, 0.2) is 6.10 Å². The minimum absolute atomic E-state index is 0.148. The molecule has 0 aliphatic rings. The summed E-state index contributed by atoms with van der Waals surface area (Å²) in [6.45, 7) is 1.48. The van der Waals surface area contributed by atoms with Crippen LogP contribution in [-0.4, -0.2) is 23.0 Å². The molecule has 1 N–H and O–H groups in total. The predicted octanol–water partition coefficient (Wildman–Crippen LogP) is 2.92. The second-order valence-corrected chi connectivity index (χ2v) is 4.64. The van der Waals surface area contributed by atoms with Crippen LogP contribution in [0.2, 0.25) is 5.02 Å². The molecule has 0 bridgehead atoms. The summed E-state index contributed by atoms with van der Waals surface area (Å²) in [5, 5.41) is 3.01. The van der Waals surface area contributed by atoms with E-state index < -0.39 is 18.0 Å². The van der Waals surface area contributed by atoms with E-state index in [0.29, 0.717) is 10.7 Å². The number of rotatable bonds is 4. The minimum Gasteiger partial charge on any atom is -0.448 e. The average molecular weight is 305 g/mol. The molecule has 1 amide bonds. The normalized spacial score (nSPS) is 11.5. The van der Waals surface area contributed by atoms with Crippen molar-refractivity contribution in [2.24, 2.45) is 0 Å². The van der Waals surface area contributed by atoms with Gasteiger partial charge >= 0.3 is 5.97 Å². The lowest BCUT2D eigenvalue weighted by Gasteiger charge is -2.13. The van der Waals surface area contributed by atoms with Crippen molar-refractivity contribution in [1.82, 2.24) is 4.98 Å². The summed E-state index contributed by atoms with van der Waals surface area (Å²) in [5.74, 6) is -1.12. The van der Waals surface area contributed by atoms with Crippen LogP contribution in [0.1, 0.15) is 17.4 Å². The number of para-hydroxylation sites is 1. The van der Waals surface area contributed by atoms with Crippen molar-refractivity contribution >= 4 is 29.2 Å². The van der Waals surface area contributed by atoms with Crippen LogP contribution in [0.3, 0.4) is 0 Å². The number of nitrogens with one attached hydrogen (secondary N) is 1. The van der Waals surface area contributed by atoms with Crippen LogP contribution in [0.25, 0.3) is 0 Å². The molecule has 0 aliphatic carbocycles. The number of halogens is 1. The Morgan fingerprint density at radius 1 is 1.19 bits per heavy atom. The third kappa shape index (κ3) is 4.03. The van der Waals surface area contributed by atoms with Crippen molar-refractivity contribution in [2.45, 2.75) is 13.0 Å².